The Hall–Kier alpha value is -2.17. The highest BCUT2D eigenvalue weighted by molar-refractivity contribution is 7.88. The Morgan fingerprint density at radius 3 is 2.64 bits per heavy atom. The van der Waals surface area contributed by atoms with Crippen molar-refractivity contribution in [2.45, 2.75) is 13.0 Å². The number of carbonyl (C=O) groups excluding carboxylic acids is 1. The number of benzene rings is 1. The summed E-state index contributed by atoms with van der Waals surface area (Å²) in [5.74, 6) is 0.703. The molecule has 0 radical (unpaired) electrons. The van der Waals surface area contributed by atoms with E-state index in [1.165, 1.54) is 21.9 Å². The van der Waals surface area contributed by atoms with Crippen LogP contribution in [-0.2, 0) is 23.0 Å². The maximum absolute atomic E-state index is 12.1. The van der Waals surface area contributed by atoms with Crippen LogP contribution in [0, 0.1) is 0 Å². The van der Waals surface area contributed by atoms with Gasteiger partial charge in [-0.3, -0.25) is 5.32 Å². The summed E-state index contributed by atoms with van der Waals surface area (Å²) in [4.78, 5) is 17.3. The van der Waals surface area contributed by atoms with E-state index in [1.807, 2.05) is 0 Å². The van der Waals surface area contributed by atoms with E-state index in [2.05, 4.69) is 15.6 Å². The van der Waals surface area contributed by atoms with Gasteiger partial charge in [0.15, 0.2) is 5.13 Å². The van der Waals surface area contributed by atoms with Crippen LogP contribution < -0.4 is 15.4 Å². The van der Waals surface area contributed by atoms with Crippen molar-refractivity contribution in [3.8, 4) is 5.75 Å². The van der Waals surface area contributed by atoms with Crippen molar-refractivity contribution in [2.75, 3.05) is 30.5 Å². The fourth-order valence-corrected chi connectivity index (χ4v) is 4.33. The molecule has 0 fully saturated rings. The number of hydrogen-bond donors (Lipinski definition) is 2. The van der Waals surface area contributed by atoms with Crippen LogP contribution in [0.2, 0.25) is 0 Å². The number of sulfonamides is 1. The van der Waals surface area contributed by atoms with E-state index in [4.69, 9.17) is 4.74 Å². The number of anilines is 2. The normalized spacial score (nSPS) is 14.6. The van der Waals surface area contributed by atoms with Crippen LogP contribution in [0.1, 0.15) is 10.6 Å². The predicted octanol–water partition coefficient (Wildman–Crippen LogP) is 2.11. The first-order chi connectivity index (χ1) is 11.8. The van der Waals surface area contributed by atoms with Crippen molar-refractivity contribution in [3.63, 3.8) is 0 Å². The molecule has 0 aliphatic carbocycles. The smallest absolute Gasteiger partial charge is 0.325 e. The highest BCUT2D eigenvalue weighted by Gasteiger charge is 2.26. The molecule has 2 aromatic rings. The number of urea groups is 1. The third-order valence-corrected chi connectivity index (χ3v) is 5.98. The van der Waals surface area contributed by atoms with E-state index in [-0.39, 0.29) is 0 Å². The zero-order valence-corrected chi connectivity index (χ0v) is 15.4. The van der Waals surface area contributed by atoms with Crippen LogP contribution in [0.25, 0.3) is 0 Å². The maximum Gasteiger partial charge on any atom is 0.325 e. The largest absolute Gasteiger partial charge is 0.497 e. The molecule has 3 rings (SSSR count). The maximum atomic E-state index is 12.1. The lowest BCUT2D eigenvalue weighted by Crippen LogP contribution is -2.34. The summed E-state index contributed by atoms with van der Waals surface area (Å²) in [6, 6.07) is 6.55. The highest BCUT2D eigenvalue weighted by Crippen LogP contribution is 2.29. The van der Waals surface area contributed by atoms with Gasteiger partial charge in [0.05, 0.1) is 19.1 Å². The molecule has 0 atom stereocenters. The lowest BCUT2D eigenvalue weighted by molar-refractivity contribution is 0.262. The molecule has 0 unspecified atom stereocenters. The SMILES string of the molecule is COc1ccc(NC(=O)Nc2nc3c(s2)CN(S(C)(=O)=O)CC3)cc1. The lowest BCUT2D eigenvalue weighted by atomic mass is 10.2. The molecule has 1 aromatic carbocycles. The molecule has 0 bridgehead atoms. The molecule has 1 aliphatic rings. The van der Waals surface area contributed by atoms with Crippen molar-refractivity contribution >= 4 is 38.2 Å². The summed E-state index contributed by atoms with van der Waals surface area (Å²) in [7, 11) is -1.65. The van der Waals surface area contributed by atoms with Crippen LogP contribution >= 0.6 is 11.3 Å². The number of carbonyl (C=O) groups is 1. The molecule has 1 aliphatic heterocycles. The van der Waals surface area contributed by atoms with Crippen molar-refractivity contribution in [1.29, 1.82) is 0 Å². The van der Waals surface area contributed by atoms with E-state index < -0.39 is 16.1 Å². The summed E-state index contributed by atoms with van der Waals surface area (Å²) >= 11 is 1.29. The number of methoxy groups -OCH3 is 1. The van der Waals surface area contributed by atoms with Gasteiger partial charge in [-0.2, -0.15) is 4.31 Å². The lowest BCUT2D eigenvalue weighted by Gasteiger charge is -2.23. The summed E-state index contributed by atoms with van der Waals surface area (Å²) < 4.78 is 29.8. The molecule has 10 heteroatoms. The first-order valence-corrected chi connectivity index (χ1v) is 10.2. The fraction of sp³-hybridized carbons (Fsp3) is 0.333. The van der Waals surface area contributed by atoms with Gasteiger partial charge in [-0.25, -0.2) is 18.2 Å². The number of amides is 2. The number of aromatic nitrogens is 1. The average Bonchev–Trinajstić information content (AvgIpc) is 2.95. The second-order valence-corrected chi connectivity index (χ2v) is 8.61. The van der Waals surface area contributed by atoms with Crippen molar-refractivity contribution in [1.82, 2.24) is 9.29 Å². The minimum Gasteiger partial charge on any atom is -0.497 e. The van der Waals surface area contributed by atoms with E-state index >= 15 is 0 Å². The van der Waals surface area contributed by atoms with Crippen LogP contribution in [0.3, 0.4) is 0 Å². The van der Waals surface area contributed by atoms with Gasteiger partial charge in [0.2, 0.25) is 10.0 Å². The summed E-state index contributed by atoms with van der Waals surface area (Å²) in [5.41, 5.74) is 1.47. The van der Waals surface area contributed by atoms with E-state index in [9.17, 15) is 13.2 Å². The molecule has 8 nitrogen and oxygen atoms in total. The standard InChI is InChI=1S/C15H18N4O4S2/c1-23-11-5-3-10(4-6-11)16-14(20)18-15-17-12-7-8-19(25(2,21)22)9-13(12)24-15/h3-6H,7-9H2,1-2H3,(H2,16,17,18,20). The number of nitrogens with one attached hydrogen (secondary N) is 2. The van der Waals surface area contributed by atoms with E-state index in [0.29, 0.717) is 36.1 Å². The van der Waals surface area contributed by atoms with Gasteiger partial charge >= 0.3 is 6.03 Å². The number of nitrogens with zero attached hydrogens (tertiary/aromatic N) is 2. The van der Waals surface area contributed by atoms with E-state index in [1.54, 1.807) is 31.4 Å². The van der Waals surface area contributed by atoms with Crippen LogP contribution in [0.5, 0.6) is 5.75 Å². The van der Waals surface area contributed by atoms with Crippen molar-refractivity contribution < 1.29 is 17.9 Å². The molecule has 25 heavy (non-hydrogen) atoms. The predicted molar refractivity (Wildman–Crippen MR) is 96.7 cm³/mol. The Kier molecular flexibility index (Phi) is 4.93. The third kappa shape index (κ3) is 4.27. The van der Waals surface area contributed by atoms with Crippen LogP contribution in [-0.4, -0.2) is 43.6 Å². The summed E-state index contributed by atoms with van der Waals surface area (Å²) in [6.45, 7) is 0.709. The van der Waals surface area contributed by atoms with Gasteiger partial charge < -0.3 is 10.1 Å². The Morgan fingerprint density at radius 2 is 2.00 bits per heavy atom. The minimum absolute atomic E-state index is 0.299. The first-order valence-electron chi connectivity index (χ1n) is 7.51. The number of ether oxygens (including phenoxy) is 1. The van der Waals surface area contributed by atoms with E-state index in [0.717, 1.165) is 10.6 Å². The molecule has 2 heterocycles. The van der Waals surface area contributed by atoms with Gasteiger partial charge in [0, 0.05) is 30.1 Å². The Labute approximate surface area is 149 Å². The Bertz CT molecular complexity index is 877. The highest BCUT2D eigenvalue weighted by atomic mass is 32.2. The molecule has 0 spiro atoms. The van der Waals surface area contributed by atoms with Gasteiger partial charge in [-0.15, -0.1) is 0 Å². The zero-order valence-electron chi connectivity index (χ0n) is 13.8. The Morgan fingerprint density at radius 1 is 1.28 bits per heavy atom. The molecule has 1 aromatic heterocycles. The number of thiazole rings is 1. The number of fused-ring (bicyclic) bond motifs is 1. The molecule has 0 saturated carbocycles. The summed E-state index contributed by atoms with van der Waals surface area (Å²) in [6.07, 6.45) is 1.74. The third-order valence-electron chi connectivity index (χ3n) is 3.73. The molecule has 2 N–H and O–H groups in total. The zero-order chi connectivity index (χ0) is 18.0. The number of rotatable bonds is 4. The topological polar surface area (TPSA) is 101 Å². The van der Waals surface area contributed by atoms with Gasteiger partial charge in [0.25, 0.3) is 0 Å². The monoisotopic (exact) mass is 382 g/mol. The van der Waals surface area contributed by atoms with Gasteiger partial charge in [-0.1, -0.05) is 11.3 Å². The van der Waals surface area contributed by atoms with Crippen LogP contribution in [0.4, 0.5) is 15.6 Å². The minimum atomic E-state index is -3.23. The molecular weight excluding hydrogens is 364 g/mol. The van der Waals surface area contributed by atoms with Gasteiger partial charge in [-0.05, 0) is 24.3 Å². The van der Waals surface area contributed by atoms with Gasteiger partial charge in [0.1, 0.15) is 5.75 Å². The quantitative estimate of drug-likeness (QED) is 0.843. The second kappa shape index (κ2) is 6.98. The molecule has 134 valence electrons. The molecule has 0 saturated heterocycles. The van der Waals surface area contributed by atoms with Crippen molar-refractivity contribution in [2.24, 2.45) is 0 Å². The second-order valence-electron chi connectivity index (χ2n) is 5.54. The number of hydrogen-bond acceptors (Lipinski definition) is 6. The Balaban J connectivity index is 1.64. The van der Waals surface area contributed by atoms with Crippen LogP contribution in [0.15, 0.2) is 24.3 Å². The first kappa shape index (κ1) is 17.6. The molecule has 2 amide bonds. The fourth-order valence-electron chi connectivity index (χ4n) is 2.44. The molecular formula is C15H18N4O4S2. The van der Waals surface area contributed by atoms with Crippen molar-refractivity contribution in [3.05, 3.63) is 34.8 Å². The summed E-state index contributed by atoms with van der Waals surface area (Å²) in [5, 5.41) is 5.85. The average molecular weight is 382 g/mol.